The molecule has 0 spiro atoms. The average Bonchev–Trinajstić information content (AvgIpc) is 3.24. The second-order valence-electron chi connectivity index (χ2n) is 7.15. The molecular weight excluding hydrogens is 422 g/mol. The van der Waals surface area contributed by atoms with Gasteiger partial charge in [-0.25, -0.2) is 9.78 Å². The van der Waals surface area contributed by atoms with Gasteiger partial charge in [0.15, 0.2) is 0 Å². The van der Waals surface area contributed by atoms with Crippen molar-refractivity contribution in [1.82, 2.24) is 20.6 Å². The van der Waals surface area contributed by atoms with E-state index in [-0.39, 0.29) is 25.0 Å². The first kappa shape index (κ1) is 24.3. The Kier molecular flexibility index (Phi) is 8.72. The highest BCUT2D eigenvalue weighted by Crippen LogP contribution is 2.12. The molecule has 1 aromatic heterocycles. The number of hydrogen-bond donors (Lipinski definition) is 7. The summed E-state index contributed by atoms with van der Waals surface area (Å²) in [4.78, 5) is 54.3. The fourth-order valence-corrected chi connectivity index (χ4v) is 2.88. The second kappa shape index (κ2) is 11.5. The number of phenols is 1. The molecule has 2 rings (SSSR count). The van der Waals surface area contributed by atoms with E-state index < -0.39 is 48.3 Å². The summed E-state index contributed by atoms with van der Waals surface area (Å²) in [5.74, 6) is -4.04. The van der Waals surface area contributed by atoms with E-state index in [2.05, 4.69) is 20.6 Å². The van der Waals surface area contributed by atoms with Crippen molar-refractivity contribution >= 4 is 23.8 Å². The normalized spacial score (nSPS) is 13.5. The Balaban J connectivity index is 2.06. The number of benzene rings is 1. The highest BCUT2D eigenvalue weighted by Gasteiger charge is 2.28. The van der Waals surface area contributed by atoms with E-state index in [1.54, 1.807) is 0 Å². The largest absolute Gasteiger partial charge is 0.508 e. The fourth-order valence-electron chi connectivity index (χ4n) is 2.88. The minimum atomic E-state index is -1.34. The van der Waals surface area contributed by atoms with Gasteiger partial charge in [0.2, 0.25) is 11.8 Å². The van der Waals surface area contributed by atoms with Crippen LogP contribution in [0.25, 0.3) is 0 Å². The number of nitrogens with two attached hydrogens (primary N) is 1. The van der Waals surface area contributed by atoms with Gasteiger partial charge in [0, 0.05) is 31.2 Å². The number of H-pyrrole nitrogens is 1. The van der Waals surface area contributed by atoms with Crippen LogP contribution in [0, 0.1) is 0 Å². The standard InChI is InChI=1S/C20H25N5O7/c21-14(8-12-9-22-10-23-12)18(29)24-15(5-6-17(27)28)19(30)25-16(20(31)32)7-11-1-3-13(26)4-2-11/h1-4,9-10,14-16,26H,5-8,21H2,(H,22,23)(H,24,29)(H,25,30)(H,27,28)(H,31,32). The molecule has 0 aliphatic rings. The second-order valence-corrected chi connectivity index (χ2v) is 7.15. The number of hydrogen-bond acceptors (Lipinski definition) is 7. The third-order valence-corrected chi connectivity index (χ3v) is 4.60. The molecule has 12 heteroatoms. The Hall–Kier alpha value is -3.93. The van der Waals surface area contributed by atoms with Gasteiger partial charge in [-0.3, -0.25) is 14.4 Å². The van der Waals surface area contributed by atoms with Gasteiger partial charge in [0.25, 0.3) is 0 Å². The van der Waals surface area contributed by atoms with Crippen LogP contribution < -0.4 is 16.4 Å². The lowest BCUT2D eigenvalue weighted by Crippen LogP contribution is -2.55. The molecule has 32 heavy (non-hydrogen) atoms. The summed E-state index contributed by atoms with van der Waals surface area (Å²) < 4.78 is 0. The smallest absolute Gasteiger partial charge is 0.326 e. The molecule has 0 aliphatic carbocycles. The molecule has 12 nitrogen and oxygen atoms in total. The van der Waals surface area contributed by atoms with Gasteiger partial charge in [-0.1, -0.05) is 12.1 Å². The van der Waals surface area contributed by atoms with Crippen molar-refractivity contribution in [1.29, 1.82) is 0 Å². The first-order valence-corrected chi connectivity index (χ1v) is 9.71. The van der Waals surface area contributed by atoms with Crippen LogP contribution in [0.2, 0.25) is 0 Å². The monoisotopic (exact) mass is 447 g/mol. The van der Waals surface area contributed by atoms with Crippen LogP contribution in [-0.4, -0.2) is 67.2 Å². The number of carbonyl (C=O) groups excluding carboxylic acids is 2. The zero-order valence-corrected chi connectivity index (χ0v) is 17.0. The summed E-state index contributed by atoms with van der Waals surface area (Å²) in [6.45, 7) is 0. The topological polar surface area (TPSA) is 208 Å². The van der Waals surface area contributed by atoms with E-state index in [1.165, 1.54) is 36.8 Å². The van der Waals surface area contributed by atoms with Gasteiger partial charge in [-0.15, -0.1) is 0 Å². The van der Waals surface area contributed by atoms with Gasteiger partial charge < -0.3 is 36.7 Å². The summed E-state index contributed by atoms with van der Waals surface area (Å²) in [6, 6.07) is 2.11. The Morgan fingerprint density at radius 1 is 1.00 bits per heavy atom. The number of imidazole rings is 1. The summed E-state index contributed by atoms with van der Waals surface area (Å²) >= 11 is 0. The van der Waals surface area contributed by atoms with Crippen LogP contribution in [0.4, 0.5) is 0 Å². The van der Waals surface area contributed by atoms with Crippen LogP contribution in [0.1, 0.15) is 24.1 Å². The predicted molar refractivity (Wildman–Crippen MR) is 110 cm³/mol. The van der Waals surface area contributed by atoms with E-state index in [1.807, 2.05) is 0 Å². The minimum Gasteiger partial charge on any atom is -0.508 e. The first-order valence-electron chi connectivity index (χ1n) is 9.71. The molecule has 1 heterocycles. The van der Waals surface area contributed by atoms with Crippen LogP contribution in [0.3, 0.4) is 0 Å². The zero-order valence-electron chi connectivity index (χ0n) is 17.0. The maximum atomic E-state index is 12.7. The number of aromatic amines is 1. The summed E-state index contributed by atoms with van der Waals surface area (Å²) in [5.41, 5.74) is 7.00. The quantitative estimate of drug-likeness (QED) is 0.216. The van der Waals surface area contributed by atoms with Crippen LogP contribution in [-0.2, 0) is 32.0 Å². The molecule has 0 saturated carbocycles. The van der Waals surface area contributed by atoms with Crippen molar-refractivity contribution in [2.24, 2.45) is 5.73 Å². The van der Waals surface area contributed by atoms with E-state index >= 15 is 0 Å². The number of carboxylic acid groups (broad SMARTS) is 2. The molecule has 0 saturated heterocycles. The Labute approximate surface area is 182 Å². The molecule has 0 radical (unpaired) electrons. The highest BCUT2D eigenvalue weighted by atomic mass is 16.4. The van der Waals surface area contributed by atoms with Gasteiger partial charge >= 0.3 is 11.9 Å². The lowest BCUT2D eigenvalue weighted by Gasteiger charge is -2.22. The van der Waals surface area contributed by atoms with Gasteiger partial charge in [0.05, 0.1) is 12.4 Å². The van der Waals surface area contributed by atoms with E-state index in [9.17, 15) is 29.4 Å². The van der Waals surface area contributed by atoms with Crippen molar-refractivity contribution in [3.05, 3.63) is 48.0 Å². The number of carboxylic acids is 2. The minimum absolute atomic E-state index is 0.00701. The van der Waals surface area contributed by atoms with Crippen LogP contribution in [0.5, 0.6) is 5.75 Å². The van der Waals surface area contributed by atoms with Crippen molar-refractivity contribution in [2.75, 3.05) is 0 Å². The molecule has 2 aromatic rings. The molecule has 1 aromatic carbocycles. The molecule has 3 unspecified atom stereocenters. The number of phenolic OH excluding ortho intramolecular Hbond substituents is 1. The van der Waals surface area contributed by atoms with Crippen molar-refractivity contribution in [2.45, 2.75) is 43.8 Å². The molecule has 0 aliphatic heterocycles. The van der Waals surface area contributed by atoms with Crippen molar-refractivity contribution in [3.63, 3.8) is 0 Å². The Morgan fingerprint density at radius 3 is 2.22 bits per heavy atom. The predicted octanol–water partition coefficient (Wildman–Crippen LogP) is -0.853. The third-order valence-electron chi connectivity index (χ3n) is 4.60. The molecule has 8 N–H and O–H groups in total. The number of nitrogens with zero attached hydrogens (tertiary/aromatic N) is 1. The highest BCUT2D eigenvalue weighted by molar-refractivity contribution is 5.92. The molecule has 3 atom stereocenters. The molecule has 2 amide bonds. The SMILES string of the molecule is NC(Cc1cnc[nH]1)C(=O)NC(CCC(=O)O)C(=O)NC(Cc1ccc(O)cc1)C(=O)O. The lowest BCUT2D eigenvalue weighted by atomic mass is 10.0. The summed E-state index contributed by atoms with van der Waals surface area (Å²) in [5, 5.41) is 32.5. The lowest BCUT2D eigenvalue weighted by molar-refractivity contribution is -0.143. The third kappa shape index (κ3) is 7.72. The number of aromatic hydroxyl groups is 1. The van der Waals surface area contributed by atoms with Crippen molar-refractivity contribution in [3.8, 4) is 5.75 Å². The van der Waals surface area contributed by atoms with Gasteiger partial charge in [-0.2, -0.15) is 0 Å². The van der Waals surface area contributed by atoms with E-state index in [0.717, 1.165) is 0 Å². The van der Waals surface area contributed by atoms with E-state index in [0.29, 0.717) is 11.3 Å². The van der Waals surface area contributed by atoms with E-state index in [4.69, 9.17) is 10.8 Å². The van der Waals surface area contributed by atoms with Gasteiger partial charge in [-0.05, 0) is 24.1 Å². The number of aromatic nitrogens is 2. The van der Waals surface area contributed by atoms with Gasteiger partial charge in [0.1, 0.15) is 17.8 Å². The number of rotatable bonds is 12. The molecular formula is C20H25N5O7. The number of aliphatic carboxylic acids is 2. The summed E-state index contributed by atoms with van der Waals surface area (Å²) in [7, 11) is 0. The maximum absolute atomic E-state index is 12.7. The Bertz CT molecular complexity index is 930. The van der Waals surface area contributed by atoms with Crippen LogP contribution in [0.15, 0.2) is 36.8 Å². The van der Waals surface area contributed by atoms with Crippen LogP contribution >= 0.6 is 0 Å². The first-order chi connectivity index (χ1) is 15.2. The number of nitrogens with one attached hydrogen (secondary N) is 3. The Morgan fingerprint density at radius 2 is 1.66 bits per heavy atom. The number of amides is 2. The summed E-state index contributed by atoms with van der Waals surface area (Å²) in [6.07, 6.45) is 2.25. The molecule has 0 bridgehead atoms. The molecule has 172 valence electrons. The molecule has 0 fully saturated rings. The van der Waals surface area contributed by atoms with Crippen molar-refractivity contribution < 1.29 is 34.5 Å². The maximum Gasteiger partial charge on any atom is 0.326 e. The zero-order chi connectivity index (χ0) is 23.7. The fraction of sp³-hybridized carbons (Fsp3) is 0.350. The number of carbonyl (C=O) groups is 4. The average molecular weight is 447 g/mol.